The number of anilines is 1. The predicted molar refractivity (Wildman–Crippen MR) is 110 cm³/mol. The van der Waals surface area contributed by atoms with Crippen molar-refractivity contribution in [1.82, 2.24) is 14.8 Å². The molecule has 2 fully saturated rings. The third-order valence-corrected chi connectivity index (χ3v) is 6.02. The number of carbonyl (C=O) groups is 1. The van der Waals surface area contributed by atoms with Crippen molar-refractivity contribution >= 4 is 23.3 Å². The van der Waals surface area contributed by atoms with Crippen molar-refractivity contribution < 1.29 is 23.1 Å². The van der Waals surface area contributed by atoms with Gasteiger partial charge in [-0.05, 0) is 36.4 Å². The minimum absolute atomic E-state index is 0.0712. The number of piperazine rings is 1. The average Bonchev–Trinajstić information content (AvgIpc) is 3.15. The molecule has 1 aromatic heterocycles. The van der Waals surface area contributed by atoms with E-state index in [1.807, 2.05) is 0 Å². The Hall–Kier alpha value is -2.36. The summed E-state index contributed by atoms with van der Waals surface area (Å²) in [6, 6.07) is 10.3. The van der Waals surface area contributed by atoms with E-state index in [1.54, 1.807) is 34.1 Å². The smallest absolute Gasteiger partial charge is 0.390 e. The number of hydrogen-bond donors (Lipinski definition) is 1. The van der Waals surface area contributed by atoms with Crippen molar-refractivity contribution in [3.63, 3.8) is 0 Å². The highest BCUT2D eigenvalue weighted by atomic mass is 35.5. The fourth-order valence-corrected chi connectivity index (χ4v) is 4.23. The summed E-state index contributed by atoms with van der Waals surface area (Å²) in [5, 5.41) is 11.1. The third kappa shape index (κ3) is 4.78. The Balaban J connectivity index is 1.37. The van der Waals surface area contributed by atoms with Crippen LogP contribution in [-0.4, -0.2) is 77.2 Å². The molecule has 2 aliphatic heterocycles. The lowest BCUT2D eigenvalue weighted by Gasteiger charge is -2.38. The van der Waals surface area contributed by atoms with Gasteiger partial charge in [0.1, 0.15) is 11.5 Å². The van der Waals surface area contributed by atoms with Crippen LogP contribution in [-0.2, 0) is 6.18 Å². The van der Waals surface area contributed by atoms with Crippen LogP contribution in [0.25, 0.3) is 0 Å². The number of pyridine rings is 1. The molecule has 0 saturated carbocycles. The standard InChI is InChI=1S/C21H22ClF3N4O2/c22-15-6-4-14(5-7-15)20(31)28-10-8-27(9-11-28)16-12-29(13-17(16)30)19-3-1-2-18(26-19)21(23,24)25/h1-7,16-17,30H,8-13H2. The number of aliphatic hydroxyl groups is 1. The van der Waals surface area contributed by atoms with Crippen LogP contribution < -0.4 is 4.90 Å². The number of amides is 1. The van der Waals surface area contributed by atoms with Gasteiger partial charge < -0.3 is 14.9 Å². The van der Waals surface area contributed by atoms with E-state index in [-0.39, 0.29) is 24.3 Å². The summed E-state index contributed by atoms with van der Waals surface area (Å²) in [6.45, 7) is 2.75. The Morgan fingerprint density at radius 3 is 2.35 bits per heavy atom. The second-order valence-electron chi connectivity index (χ2n) is 7.75. The van der Waals surface area contributed by atoms with E-state index in [1.165, 1.54) is 12.1 Å². The zero-order valence-electron chi connectivity index (χ0n) is 16.6. The number of halogens is 4. The first-order valence-electron chi connectivity index (χ1n) is 9.98. The summed E-state index contributed by atoms with van der Waals surface area (Å²) >= 11 is 5.88. The third-order valence-electron chi connectivity index (χ3n) is 5.77. The molecule has 0 aliphatic carbocycles. The van der Waals surface area contributed by atoms with Gasteiger partial charge in [0.25, 0.3) is 5.91 Å². The summed E-state index contributed by atoms with van der Waals surface area (Å²) in [5.41, 5.74) is -0.377. The number of nitrogens with zero attached hydrogens (tertiary/aromatic N) is 4. The Bertz CT molecular complexity index is 933. The van der Waals surface area contributed by atoms with Crippen LogP contribution in [0.5, 0.6) is 0 Å². The molecule has 166 valence electrons. The maximum Gasteiger partial charge on any atom is 0.433 e. The van der Waals surface area contributed by atoms with Gasteiger partial charge in [-0.3, -0.25) is 9.69 Å². The Morgan fingerprint density at radius 1 is 1.03 bits per heavy atom. The molecule has 31 heavy (non-hydrogen) atoms. The molecule has 2 aromatic rings. The predicted octanol–water partition coefficient (Wildman–Crippen LogP) is 2.76. The van der Waals surface area contributed by atoms with Gasteiger partial charge in [0, 0.05) is 49.9 Å². The number of carbonyl (C=O) groups excluding carboxylic acids is 1. The molecule has 2 saturated heterocycles. The van der Waals surface area contributed by atoms with Crippen molar-refractivity contribution in [1.29, 1.82) is 0 Å². The van der Waals surface area contributed by atoms with Crippen molar-refractivity contribution in [2.24, 2.45) is 0 Å². The number of β-amino-alcohol motifs (C(OH)–C–C–N with tert-alkyl or cyclic N) is 1. The van der Waals surface area contributed by atoms with Gasteiger partial charge in [-0.2, -0.15) is 13.2 Å². The number of aliphatic hydroxyl groups excluding tert-OH is 1. The maximum absolute atomic E-state index is 13.0. The van der Waals surface area contributed by atoms with E-state index in [9.17, 15) is 23.1 Å². The van der Waals surface area contributed by atoms with Crippen LogP contribution in [0.2, 0.25) is 5.02 Å². The molecular weight excluding hydrogens is 433 g/mol. The molecule has 4 rings (SSSR count). The summed E-state index contributed by atoms with van der Waals surface area (Å²) in [5.74, 6) is 0.131. The van der Waals surface area contributed by atoms with Crippen molar-refractivity contribution in [2.75, 3.05) is 44.2 Å². The van der Waals surface area contributed by atoms with E-state index < -0.39 is 18.0 Å². The van der Waals surface area contributed by atoms with E-state index in [0.29, 0.717) is 43.3 Å². The minimum atomic E-state index is -4.51. The van der Waals surface area contributed by atoms with Gasteiger partial charge in [0.05, 0.1) is 12.1 Å². The molecule has 0 bridgehead atoms. The van der Waals surface area contributed by atoms with E-state index in [2.05, 4.69) is 9.88 Å². The average molecular weight is 455 g/mol. The number of rotatable bonds is 3. The van der Waals surface area contributed by atoms with Crippen LogP contribution in [0, 0.1) is 0 Å². The second kappa shape index (κ2) is 8.64. The monoisotopic (exact) mass is 454 g/mol. The van der Waals surface area contributed by atoms with Crippen LogP contribution >= 0.6 is 11.6 Å². The summed E-state index contributed by atoms with van der Waals surface area (Å²) in [6.07, 6.45) is -5.23. The molecule has 2 aliphatic rings. The largest absolute Gasteiger partial charge is 0.433 e. The van der Waals surface area contributed by atoms with Gasteiger partial charge in [-0.25, -0.2) is 4.98 Å². The zero-order valence-corrected chi connectivity index (χ0v) is 17.4. The lowest BCUT2D eigenvalue weighted by molar-refractivity contribution is -0.141. The first kappa shape index (κ1) is 21.9. The van der Waals surface area contributed by atoms with Crippen LogP contribution in [0.3, 0.4) is 0 Å². The summed E-state index contributed by atoms with van der Waals surface area (Å²) < 4.78 is 38.9. The highest BCUT2D eigenvalue weighted by Crippen LogP contribution is 2.30. The van der Waals surface area contributed by atoms with Crippen molar-refractivity contribution in [2.45, 2.75) is 18.3 Å². The summed E-state index contributed by atoms with van der Waals surface area (Å²) in [7, 11) is 0. The number of aromatic nitrogens is 1. The van der Waals surface area contributed by atoms with Crippen molar-refractivity contribution in [3.05, 3.63) is 58.7 Å². The zero-order chi connectivity index (χ0) is 22.2. The molecule has 0 spiro atoms. The molecule has 3 heterocycles. The normalized spacial score (nSPS) is 22.7. The lowest BCUT2D eigenvalue weighted by atomic mass is 10.1. The molecule has 1 amide bonds. The molecule has 6 nitrogen and oxygen atoms in total. The second-order valence-corrected chi connectivity index (χ2v) is 8.19. The van der Waals surface area contributed by atoms with Crippen LogP contribution in [0.4, 0.5) is 19.0 Å². The first-order chi connectivity index (χ1) is 14.7. The van der Waals surface area contributed by atoms with E-state index >= 15 is 0 Å². The molecule has 0 radical (unpaired) electrons. The Morgan fingerprint density at radius 2 is 1.71 bits per heavy atom. The fourth-order valence-electron chi connectivity index (χ4n) is 4.10. The van der Waals surface area contributed by atoms with Gasteiger partial charge in [0.2, 0.25) is 0 Å². The molecule has 2 atom stereocenters. The number of hydrogen-bond acceptors (Lipinski definition) is 5. The van der Waals surface area contributed by atoms with E-state index in [4.69, 9.17) is 11.6 Å². The van der Waals surface area contributed by atoms with Crippen molar-refractivity contribution in [3.8, 4) is 0 Å². The molecule has 1 aromatic carbocycles. The Labute approximate surface area is 182 Å². The van der Waals surface area contributed by atoms with Gasteiger partial charge in [-0.15, -0.1) is 0 Å². The van der Waals surface area contributed by atoms with E-state index in [0.717, 1.165) is 6.07 Å². The minimum Gasteiger partial charge on any atom is -0.390 e. The van der Waals surface area contributed by atoms with Crippen LogP contribution in [0.1, 0.15) is 16.1 Å². The summed E-state index contributed by atoms with van der Waals surface area (Å²) in [4.78, 5) is 21.9. The molecule has 1 N–H and O–H groups in total. The SMILES string of the molecule is O=C(c1ccc(Cl)cc1)N1CCN(C2CN(c3cccc(C(F)(F)F)n3)CC2O)CC1. The Kier molecular flexibility index (Phi) is 6.09. The number of alkyl halides is 3. The highest BCUT2D eigenvalue weighted by Gasteiger charge is 2.39. The number of benzene rings is 1. The van der Waals surface area contributed by atoms with Gasteiger partial charge in [-0.1, -0.05) is 17.7 Å². The quantitative estimate of drug-likeness (QED) is 0.773. The molecular formula is C21H22ClF3N4O2. The fraction of sp³-hybridized carbons (Fsp3) is 0.429. The molecule has 2 unspecified atom stereocenters. The van der Waals surface area contributed by atoms with Crippen LogP contribution in [0.15, 0.2) is 42.5 Å². The van der Waals surface area contributed by atoms with Gasteiger partial charge >= 0.3 is 6.18 Å². The first-order valence-corrected chi connectivity index (χ1v) is 10.4. The maximum atomic E-state index is 13.0. The highest BCUT2D eigenvalue weighted by molar-refractivity contribution is 6.30. The van der Waals surface area contributed by atoms with Gasteiger partial charge in [0.15, 0.2) is 0 Å². The lowest BCUT2D eigenvalue weighted by Crippen LogP contribution is -2.54. The topological polar surface area (TPSA) is 59.9 Å². The molecule has 10 heteroatoms.